The van der Waals surface area contributed by atoms with Crippen LogP contribution < -0.4 is 5.32 Å². The Kier molecular flexibility index (Phi) is 3.53. The average Bonchev–Trinajstić information content (AvgIpc) is 2.97. The lowest BCUT2D eigenvalue weighted by atomic mass is 9.78. The summed E-state index contributed by atoms with van der Waals surface area (Å²) in [6, 6.07) is 1.64. The molecule has 1 aromatic rings. The van der Waals surface area contributed by atoms with E-state index in [0.717, 1.165) is 12.8 Å². The molecule has 116 valence electrons. The standard InChI is InChI=1S/C13H19N3O4S/c1-10-6-11(15-20-10)8-21(18,19)16-4-2-13(3-5-16)7-12(17)14-9-13/h6H,2-5,7-9H2,1H3,(H,14,17). The maximum atomic E-state index is 12.4. The van der Waals surface area contributed by atoms with Crippen molar-refractivity contribution in [3.8, 4) is 0 Å². The number of piperidine rings is 1. The van der Waals surface area contributed by atoms with Crippen LogP contribution in [0.2, 0.25) is 0 Å². The number of carbonyl (C=O) groups is 1. The SMILES string of the molecule is Cc1cc(CS(=O)(=O)N2CCC3(CC2)CNC(=O)C3)no1. The molecule has 21 heavy (non-hydrogen) atoms. The van der Waals surface area contributed by atoms with E-state index < -0.39 is 10.0 Å². The van der Waals surface area contributed by atoms with E-state index in [4.69, 9.17) is 4.52 Å². The van der Waals surface area contributed by atoms with Crippen molar-refractivity contribution in [3.63, 3.8) is 0 Å². The minimum atomic E-state index is -3.38. The number of sulfonamides is 1. The first-order chi connectivity index (χ1) is 9.89. The largest absolute Gasteiger partial charge is 0.361 e. The van der Waals surface area contributed by atoms with Crippen LogP contribution >= 0.6 is 0 Å². The van der Waals surface area contributed by atoms with Crippen LogP contribution in [0.3, 0.4) is 0 Å². The van der Waals surface area contributed by atoms with Crippen LogP contribution in [0.25, 0.3) is 0 Å². The lowest BCUT2D eigenvalue weighted by Gasteiger charge is -2.37. The van der Waals surface area contributed by atoms with Gasteiger partial charge < -0.3 is 9.84 Å². The average molecular weight is 313 g/mol. The molecule has 0 atom stereocenters. The smallest absolute Gasteiger partial charge is 0.220 e. The number of amides is 1. The number of hydrogen-bond acceptors (Lipinski definition) is 5. The molecular weight excluding hydrogens is 294 g/mol. The molecule has 0 aliphatic carbocycles. The van der Waals surface area contributed by atoms with Gasteiger partial charge >= 0.3 is 0 Å². The van der Waals surface area contributed by atoms with Crippen LogP contribution in [0.5, 0.6) is 0 Å². The molecule has 0 saturated carbocycles. The molecule has 1 N–H and O–H groups in total. The molecule has 1 spiro atoms. The number of rotatable bonds is 3. The molecule has 2 fully saturated rings. The summed E-state index contributed by atoms with van der Waals surface area (Å²) in [5.41, 5.74) is 0.388. The van der Waals surface area contributed by atoms with E-state index in [2.05, 4.69) is 10.5 Å². The van der Waals surface area contributed by atoms with Gasteiger partial charge in [0.05, 0.1) is 0 Å². The highest BCUT2D eigenvalue weighted by Crippen LogP contribution is 2.38. The number of aromatic nitrogens is 1. The number of nitrogens with one attached hydrogen (secondary N) is 1. The molecule has 3 rings (SSSR count). The summed E-state index contributed by atoms with van der Waals surface area (Å²) in [5, 5.41) is 6.59. The van der Waals surface area contributed by atoms with Gasteiger partial charge in [0.15, 0.2) is 0 Å². The van der Waals surface area contributed by atoms with Crippen molar-refractivity contribution in [1.29, 1.82) is 0 Å². The predicted molar refractivity (Wildman–Crippen MR) is 74.7 cm³/mol. The van der Waals surface area contributed by atoms with Gasteiger partial charge in [0.25, 0.3) is 0 Å². The first-order valence-corrected chi connectivity index (χ1v) is 8.66. The van der Waals surface area contributed by atoms with Gasteiger partial charge in [-0.2, -0.15) is 0 Å². The van der Waals surface area contributed by atoms with Gasteiger partial charge in [0, 0.05) is 32.1 Å². The lowest BCUT2D eigenvalue weighted by Crippen LogP contribution is -2.44. The Balaban J connectivity index is 1.64. The number of carbonyl (C=O) groups excluding carboxylic acids is 1. The molecule has 1 aromatic heterocycles. The first kappa shape index (κ1) is 14.5. The normalized spacial score (nSPS) is 22.6. The topological polar surface area (TPSA) is 92.5 Å². The monoisotopic (exact) mass is 313 g/mol. The van der Waals surface area contributed by atoms with Crippen LogP contribution in [0.4, 0.5) is 0 Å². The van der Waals surface area contributed by atoms with Crippen LogP contribution in [-0.4, -0.2) is 43.4 Å². The van der Waals surface area contributed by atoms with Crippen molar-refractivity contribution in [3.05, 3.63) is 17.5 Å². The van der Waals surface area contributed by atoms with Crippen LogP contribution in [0, 0.1) is 12.3 Å². The van der Waals surface area contributed by atoms with E-state index in [0.29, 0.717) is 37.5 Å². The molecule has 8 heteroatoms. The van der Waals surface area contributed by atoms with Gasteiger partial charge in [-0.1, -0.05) is 5.16 Å². The quantitative estimate of drug-likeness (QED) is 0.873. The van der Waals surface area contributed by atoms with E-state index in [1.807, 2.05) is 0 Å². The molecule has 2 aliphatic heterocycles. The molecule has 0 bridgehead atoms. The number of hydrogen-bond donors (Lipinski definition) is 1. The highest BCUT2D eigenvalue weighted by Gasteiger charge is 2.42. The maximum absolute atomic E-state index is 12.4. The van der Waals surface area contributed by atoms with E-state index in [1.54, 1.807) is 13.0 Å². The van der Waals surface area contributed by atoms with Crippen molar-refractivity contribution in [1.82, 2.24) is 14.8 Å². The third-order valence-electron chi connectivity index (χ3n) is 4.38. The molecule has 0 unspecified atom stereocenters. The zero-order chi connectivity index (χ0) is 15.1. The third-order valence-corrected chi connectivity index (χ3v) is 6.19. The molecule has 2 aliphatic rings. The van der Waals surface area contributed by atoms with Crippen LogP contribution in [0.15, 0.2) is 10.6 Å². The van der Waals surface area contributed by atoms with Gasteiger partial charge in [-0.25, -0.2) is 12.7 Å². The fourth-order valence-corrected chi connectivity index (χ4v) is 4.54. The van der Waals surface area contributed by atoms with E-state index in [9.17, 15) is 13.2 Å². The molecule has 3 heterocycles. The van der Waals surface area contributed by atoms with E-state index >= 15 is 0 Å². The Bertz CT molecular complexity index is 644. The molecular formula is C13H19N3O4S. The fourth-order valence-electron chi connectivity index (χ4n) is 3.11. The minimum Gasteiger partial charge on any atom is -0.361 e. The van der Waals surface area contributed by atoms with E-state index in [-0.39, 0.29) is 17.1 Å². The van der Waals surface area contributed by atoms with Crippen molar-refractivity contribution in [2.75, 3.05) is 19.6 Å². The highest BCUT2D eigenvalue weighted by molar-refractivity contribution is 7.88. The lowest BCUT2D eigenvalue weighted by molar-refractivity contribution is -0.119. The second-order valence-electron chi connectivity index (χ2n) is 6.04. The van der Waals surface area contributed by atoms with Crippen molar-refractivity contribution in [2.24, 2.45) is 5.41 Å². The second kappa shape index (κ2) is 5.10. The van der Waals surface area contributed by atoms with E-state index in [1.165, 1.54) is 4.31 Å². The zero-order valence-electron chi connectivity index (χ0n) is 12.0. The summed E-state index contributed by atoms with van der Waals surface area (Å²) < 4.78 is 31.2. The summed E-state index contributed by atoms with van der Waals surface area (Å²) in [6.07, 6.45) is 1.97. The molecule has 7 nitrogen and oxygen atoms in total. The molecule has 0 aromatic carbocycles. The summed E-state index contributed by atoms with van der Waals surface area (Å²) in [5.74, 6) is 0.548. The van der Waals surface area contributed by atoms with Crippen molar-refractivity contribution < 1.29 is 17.7 Å². The first-order valence-electron chi connectivity index (χ1n) is 7.05. The van der Waals surface area contributed by atoms with Gasteiger partial charge in [-0.15, -0.1) is 0 Å². The summed E-state index contributed by atoms with van der Waals surface area (Å²) in [6.45, 7) is 3.34. The molecule has 2 saturated heterocycles. The third kappa shape index (κ3) is 2.96. The molecule has 1 amide bonds. The highest BCUT2D eigenvalue weighted by atomic mass is 32.2. The minimum absolute atomic E-state index is 0.0480. The Morgan fingerprint density at radius 2 is 2.14 bits per heavy atom. The van der Waals surface area contributed by atoms with Crippen LogP contribution in [0.1, 0.15) is 30.7 Å². The predicted octanol–water partition coefficient (Wildman–Crippen LogP) is 0.415. The summed E-state index contributed by atoms with van der Waals surface area (Å²) in [4.78, 5) is 11.4. The van der Waals surface area contributed by atoms with Gasteiger partial charge in [-0.05, 0) is 25.2 Å². The van der Waals surface area contributed by atoms with Gasteiger partial charge in [-0.3, -0.25) is 4.79 Å². The Hall–Kier alpha value is -1.41. The number of nitrogens with zero attached hydrogens (tertiary/aromatic N) is 2. The Morgan fingerprint density at radius 3 is 2.67 bits per heavy atom. The van der Waals surface area contributed by atoms with Crippen molar-refractivity contribution in [2.45, 2.75) is 31.9 Å². The Labute approximate surface area is 123 Å². The van der Waals surface area contributed by atoms with Crippen LogP contribution in [-0.2, 0) is 20.6 Å². The summed E-state index contributed by atoms with van der Waals surface area (Å²) in [7, 11) is -3.38. The Morgan fingerprint density at radius 1 is 1.43 bits per heavy atom. The second-order valence-corrected chi connectivity index (χ2v) is 8.01. The fraction of sp³-hybridized carbons (Fsp3) is 0.692. The summed E-state index contributed by atoms with van der Waals surface area (Å²) >= 11 is 0. The van der Waals surface area contributed by atoms with Crippen molar-refractivity contribution >= 4 is 15.9 Å². The van der Waals surface area contributed by atoms with Gasteiger partial charge in [0.1, 0.15) is 17.2 Å². The number of aryl methyl sites for hydroxylation is 1. The maximum Gasteiger partial charge on any atom is 0.220 e. The van der Waals surface area contributed by atoms with Gasteiger partial charge in [0.2, 0.25) is 15.9 Å². The molecule has 0 radical (unpaired) electrons. The zero-order valence-corrected chi connectivity index (χ0v) is 12.8.